The van der Waals surface area contributed by atoms with Crippen molar-refractivity contribution in [2.24, 2.45) is 11.8 Å². The molecular weight excluding hydrogens is 262 g/mol. The van der Waals surface area contributed by atoms with E-state index in [0.717, 1.165) is 32.2 Å². The molecule has 1 aliphatic rings. The second-order valence-electron chi connectivity index (χ2n) is 6.48. The summed E-state index contributed by atoms with van der Waals surface area (Å²) in [5.41, 5.74) is 3.89. The standard InChI is InChI=1S/C18H27NO2/c1-12-8-9-16(13(2)10-12)14(3)19-11-15-6-4-5-7-17(15)18(20)21/h8-10,14-15,17,19H,4-7,11H2,1-3H3,(H,20,21). The lowest BCUT2D eigenvalue weighted by molar-refractivity contribution is -0.144. The van der Waals surface area contributed by atoms with Crippen molar-refractivity contribution in [3.05, 3.63) is 34.9 Å². The van der Waals surface area contributed by atoms with Gasteiger partial charge in [0.2, 0.25) is 0 Å². The number of benzene rings is 1. The Labute approximate surface area is 127 Å². The summed E-state index contributed by atoms with van der Waals surface area (Å²) in [6, 6.07) is 6.79. The number of aryl methyl sites for hydroxylation is 2. The molecular formula is C18H27NO2. The minimum absolute atomic E-state index is 0.169. The van der Waals surface area contributed by atoms with E-state index in [9.17, 15) is 9.90 Å². The summed E-state index contributed by atoms with van der Waals surface area (Å²) in [5.74, 6) is -0.525. The molecule has 0 radical (unpaired) electrons. The molecule has 0 aromatic heterocycles. The first-order valence-corrected chi connectivity index (χ1v) is 8.02. The number of nitrogens with one attached hydrogen (secondary N) is 1. The first-order chi connectivity index (χ1) is 9.99. The summed E-state index contributed by atoms with van der Waals surface area (Å²) in [6.45, 7) is 7.21. The zero-order chi connectivity index (χ0) is 15.4. The van der Waals surface area contributed by atoms with Crippen molar-refractivity contribution in [1.82, 2.24) is 5.32 Å². The zero-order valence-electron chi connectivity index (χ0n) is 13.4. The molecule has 21 heavy (non-hydrogen) atoms. The molecule has 1 fully saturated rings. The van der Waals surface area contributed by atoms with Crippen LogP contribution in [0.4, 0.5) is 0 Å². The normalized spacial score (nSPS) is 23.8. The van der Waals surface area contributed by atoms with Gasteiger partial charge in [0.15, 0.2) is 0 Å². The molecule has 1 aromatic carbocycles. The van der Waals surface area contributed by atoms with Gasteiger partial charge in [-0.25, -0.2) is 0 Å². The molecule has 1 aromatic rings. The molecule has 116 valence electrons. The van der Waals surface area contributed by atoms with Gasteiger partial charge in [-0.05, 0) is 57.2 Å². The number of aliphatic carboxylic acids is 1. The van der Waals surface area contributed by atoms with Gasteiger partial charge in [0.1, 0.15) is 0 Å². The number of rotatable bonds is 5. The fraction of sp³-hybridized carbons (Fsp3) is 0.611. The maximum atomic E-state index is 11.3. The molecule has 3 heteroatoms. The van der Waals surface area contributed by atoms with E-state index in [1.807, 2.05) is 0 Å². The Balaban J connectivity index is 1.96. The maximum absolute atomic E-state index is 11.3. The highest BCUT2D eigenvalue weighted by atomic mass is 16.4. The van der Waals surface area contributed by atoms with Gasteiger partial charge in [-0.15, -0.1) is 0 Å². The summed E-state index contributed by atoms with van der Waals surface area (Å²) >= 11 is 0. The summed E-state index contributed by atoms with van der Waals surface area (Å²) in [5, 5.41) is 12.9. The van der Waals surface area contributed by atoms with Crippen LogP contribution in [-0.4, -0.2) is 17.6 Å². The molecule has 3 atom stereocenters. The van der Waals surface area contributed by atoms with E-state index in [-0.39, 0.29) is 17.9 Å². The van der Waals surface area contributed by atoms with Gasteiger partial charge >= 0.3 is 5.97 Å². The van der Waals surface area contributed by atoms with E-state index in [1.165, 1.54) is 16.7 Å². The minimum Gasteiger partial charge on any atom is -0.481 e. The van der Waals surface area contributed by atoms with E-state index in [4.69, 9.17) is 0 Å². The van der Waals surface area contributed by atoms with E-state index >= 15 is 0 Å². The minimum atomic E-state index is -0.624. The van der Waals surface area contributed by atoms with Crippen molar-refractivity contribution in [3.63, 3.8) is 0 Å². The van der Waals surface area contributed by atoms with Gasteiger partial charge in [0, 0.05) is 6.04 Å². The number of carboxylic acid groups (broad SMARTS) is 1. The Hall–Kier alpha value is -1.35. The summed E-state index contributed by atoms with van der Waals surface area (Å²) in [4.78, 5) is 11.3. The van der Waals surface area contributed by atoms with Crippen LogP contribution in [0.2, 0.25) is 0 Å². The smallest absolute Gasteiger partial charge is 0.306 e. The third-order valence-electron chi connectivity index (χ3n) is 4.80. The number of carboxylic acids is 1. The van der Waals surface area contributed by atoms with E-state index in [2.05, 4.69) is 44.3 Å². The average Bonchev–Trinajstić information content (AvgIpc) is 2.45. The van der Waals surface area contributed by atoms with Crippen LogP contribution in [0.1, 0.15) is 55.3 Å². The van der Waals surface area contributed by atoms with Crippen LogP contribution in [0.3, 0.4) is 0 Å². The number of hydrogen-bond donors (Lipinski definition) is 2. The van der Waals surface area contributed by atoms with Gasteiger partial charge in [0.05, 0.1) is 5.92 Å². The predicted octanol–water partition coefficient (Wildman–Crippen LogP) is 3.85. The third kappa shape index (κ3) is 4.07. The van der Waals surface area contributed by atoms with Crippen LogP contribution in [-0.2, 0) is 4.79 Å². The molecule has 3 nitrogen and oxygen atoms in total. The molecule has 0 heterocycles. The van der Waals surface area contributed by atoms with Crippen LogP contribution < -0.4 is 5.32 Å². The van der Waals surface area contributed by atoms with Crippen LogP contribution in [0.5, 0.6) is 0 Å². The molecule has 1 aliphatic carbocycles. The Kier molecular flexibility index (Phi) is 5.40. The second kappa shape index (κ2) is 7.08. The van der Waals surface area contributed by atoms with Gasteiger partial charge in [-0.1, -0.05) is 36.6 Å². The van der Waals surface area contributed by atoms with E-state index < -0.39 is 5.97 Å². The summed E-state index contributed by atoms with van der Waals surface area (Å²) < 4.78 is 0. The average molecular weight is 289 g/mol. The monoisotopic (exact) mass is 289 g/mol. The highest BCUT2D eigenvalue weighted by molar-refractivity contribution is 5.70. The molecule has 2 rings (SSSR count). The lowest BCUT2D eigenvalue weighted by atomic mass is 9.79. The summed E-state index contributed by atoms with van der Waals surface area (Å²) in [7, 11) is 0. The van der Waals surface area contributed by atoms with Gasteiger partial charge in [-0.3, -0.25) is 4.79 Å². The van der Waals surface area contributed by atoms with Crippen LogP contribution in [0.25, 0.3) is 0 Å². The molecule has 3 unspecified atom stereocenters. The number of hydrogen-bond acceptors (Lipinski definition) is 2. The molecule has 0 bridgehead atoms. The Morgan fingerprint density at radius 3 is 2.71 bits per heavy atom. The second-order valence-corrected chi connectivity index (χ2v) is 6.48. The van der Waals surface area contributed by atoms with Crippen LogP contribution >= 0.6 is 0 Å². The Morgan fingerprint density at radius 1 is 1.33 bits per heavy atom. The van der Waals surface area contributed by atoms with Crippen molar-refractivity contribution >= 4 is 5.97 Å². The lowest BCUT2D eigenvalue weighted by Gasteiger charge is -2.30. The fourth-order valence-corrected chi connectivity index (χ4v) is 3.53. The van der Waals surface area contributed by atoms with Crippen molar-refractivity contribution < 1.29 is 9.90 Å². The molecule has 0 spiro atoms. The highest BCUT2D eigenvalue weighted by Crippen LogP contribution is 2.30. The van der Waals surface area contributed by atoms with Crippen molar-refractivity contribution in [2.75, 3.05) is 6.54 Å². The Bertz CT molecular complexity index is 498. The van der Waals surface area contributed by atoms with Crippen LogP contribution in [0, 0.1) is 25.7 Å². The topological polar surface area (TPSA) is 49.3 Å². The molecule has 0 saturated heterocycles. The SMILES string of the molecule is Cc1ccc(C(C)NCC2CCCCC2C(=O)O)c(C)c1. The number of carbonyl (C=O) groups is 1. The quantitative estimate of drug-likeness (QED) is 0.865. The van der Waals surface area contributed by atoms with Gasteiger partial charge in [-0.2, -0.15) is 0 Å². The fourth-order valence-electron chi connectivity index (χ4n) is 3.53. The molecule has 1 saturated carbocycles. The highest BCUT2D eigenvalue weighted by Gasteiger charge is 2.30. The largest absolute Gasteiger partial charge is 0.481 e. The maximum Gasteiger partial charge on any atom is 0.306 e. The first kappa shape index (κ1) is 16.0. The summed E-state index contributed by atoms with van der Waals surface area (Å²) in [6.07, 6.45) is 4.08. The van der Waals surface area contributed by atoms with Gasteiger partial charge in [0.25, 0.3) is 0 Å². The van der Waals surface area contributed by atoms with Gasteiger partial charge < -0.3 is 10.4 Å². The van der Waals surface area contributed by atoms with Crippen molar-refractivity contribution in [1.29, 1.82) is 0 Å². The third-order valence-corrected chi connectivity index (χ3v) is 4.80. The lowest BCUT2D eigenvalue weighted by Crippen LogP contribution is -2.35. The van der Waals surface area contributed by atoms with E-state index in [1.54, 1.807) is 0 Å². The van der Waals surface area contributed by atoms with Crippen molar-refractivity contribution in [3.8, 4) is 0 Å². The Morgan fingerprint density at radius 2 is 2.05 bits per heavy atom. The first-order valence-electron chi connectivity index (χ1n) is 8.02. The zero-order valence-corrected chi connectivity index (χ0v) is 13.4. The van der Waals surface area contributed by atoms with Crippen molar-refractivity contribution in [2.45, 2.75) is 52.5 Å². The predicted molar refractivity (Wildman–Crippen MR) is 85.4 cm³/mol. The molecule has 2 N–H and O–H groups in total. The van der Waals surface area contributed by atoms with E-state index in [0.29, 0.717) is 0 Å². The van der Waals surface area contributed by atoms with Crippen LogP contribution in [0.15, 0.2) is 18.2 Å². The molecule has 0 amide bonds. The molecule has 0 aliphatic heterocycles.